The maximum Gasteiger partial charge on any atom is 0.0807 e. The topological polar surface area (TPSA) is 33.0 Å². The summed E-state index contributed by atoms with van der Waals surface area (Å²) in [5.41, 5.74) is -0.178. The molecular formula is C21H37NO. The fourth-order valence-electron chi connectivity index (χ4n) is 4.57. The first kappa shape index (κ1) is 18.8. The summed E-state index contributed by atoms with van der Waals surface area (Å²) in [6, 6.07) is 2.64. The second-order valence-electron chi connectivity index (χ2n) is 8.22. The van der Waals surface area contributed by atoms with Crippen molar-refractivity contribution in [1.82, 2.24) is 0 Å². The Hall–Kier alpha value is -0.550. The van der Waals surface area contributed by atoms with E-state index in [2.05, 4.69) is 19.9 Å². The van der Waals surface area contributed by atoms with Gasteiger partial charge in [-0.1, -0.05) is 46.0 Å². The zero-order valence-corrected chi connectivity index (χ0v) is 15.5. The molecule has 2 rings (SSSR count). The van der Waals surface area contributed by atoms with E-state index in [0.29, 0.717) is 12.7 Å². The van der Waals surface area contributed by atoms with Gasteiger partial charge in [0.1, 0.15) is 0 Å². The van der Waals surface area contributed by atoms with Gasteiger partial charge in [-0.15, -0.1) is 0 Å². The summed E-state index contributed by atoms with van der Waals surface area (Å²) in [5, 5.41) is 9.72. The van der Waals surface area contributed by atoms with Crippen molar-refractivity contribution in [2.45, 2.75) is 103 Å². The number of hydrogen-bond donors (Lipinski definition) is 0. The molecule has 2 nitrogen and oxygen atoms in total. The molecule has 0 aromatic heterocycles. The largest absolute Gasteiger partial charge is 0.377 e. The summed E-state index contributed by atoms with van der Waals surface area (Å²) >= 11 is 0. The Morgan fingerprint density at radius 1 is 0.913 bits per heavy atom. The lowest BCUT2D eigenvalue weighted by molar-refractivity contribution is -0.0299. The summed E-state index contributed by atoms with van der Waals surface area (Å²) in [6.45, 7) is 5.24. The highest BCUT2D eigenvalue weighted by molar-refractivity contribution is 5.02. The molecule has 2 aliphatic carbocycles. The molecule has 2 heteroatoms. The maximum absolute atomic E-state index is 9.72. The van der Waals surface area contributed by atoms with Crippen LogP contribution in [0.3, 0.4) is 0 Å². The summed E-state index contributed by atoms with van der Waals surface area (Å²) < 4.78 is 6.24. The Balaban J connectivity index is 1.71. The van der Waals surface area contributed by atoms with E-state index >= 15 is 0 Å². The molecule has 23 heavy (non-hydrogen) atoms. The zero-order valence-electron chi connectivity index (χ0n) is 15.5. The van der Waals surface area contributed by atoms with Crippen LogP contribution in [-0.2, 0) is 4.74 Å². The number of unbranched alkanes of at least 4 members (excludes halogenated alkanes) is 1. The molecule has 0 atom stereocenters. The third-order valence-electron chi connectivity index (χ3n) is 6.35. The normalized spacial score (nSPS) is 34.9. The lowest BCUT2D eigenvalue weighted by atomic mass is 9.70. The lowest BCUT2D eigenvalue weighted by Crippen LogP contribution is -2.34. The van der Waals surface area contributed by atoms with Crippen LogP contribution in [0.25, 0.3) is 0 Å². The Morgan fingerprint density at radius 2 is 1.57 bits per heavy atom. The Morgan fingerprint density at radius 3 is 2.13 bits per heavy atom. The standard InChI is InChI=1S/C21H37NO/c1-3-5-7-19-12-14-21(16-22,15-13-19)17-23-20-10-8-18(6-4-2)9-11-20/h18-20H,3-15,17H2,1-2H3/t18-,19-,20-,21+. The van der Waals surface area contributed by atoms with Crippen LogP contribution in [0.5, 0.6) is 0 Å². The SMILES string of the molecule is CCCC[C@H]1CC[C@@](C#N)(CO[C@H]2CC[C@H](CCC)CC2)CC1. The number of hydrogen-bond acceptors (Lipinski definition) is 2. The van der Waals surface area contributed by atoms with Crippen LogP contribution in [-0.4, -0.2) is 12.7 Å². The summed E-state index contributed by atoms with van der Waals surface area (Å²) in [6.07, 6.45) is 16.8. The fourth-order valence-corrected chi connectivity index (χ4v) is 4.57. The molecule has 0 saturated heterocycles. The van der Waals surface area contributed by atoms with E-state index in [1.807, 2.05) is 0 Å². The van der Waals surface area contributed by atoms with Gasteiger partial charge in [-0.05, 0) is 63.2 Å². The molecule has 0 heterocycles. The Kier molecular flexibility index (Phi) is 7.90. The van der Waals surface area contributed by atoms with Gasteiger partial charge in [-0.25, -0.2) is 0 Å². The quantitative estimate of drug-likeness (QED) is 0.529. The zero-order chi connectivity index (χ0) is 16.5. The van der Waals surface area contributed by atoms with Crippen molar-refractivity contribution in [2.24, 2.45) is 17.3 Å². The summed E-state index contributed by atoms with van der Waals surface area (Å²) in [7, 11) is 0. The van der Waals surface area contributed by atoms with Crippen molar-refractivity contribution < 1.29 is 4.74 Å². The molecule has 0 amide bonds. The summed E-state index contributed by atoms with van der Waals surface area (Å²) in [4.78, 5) is 0. The predicted molar refractivity (Wildman–Crippen MR) is 96.1 cm³/mol. The highest BCUT2D eigenvalue weighted by Gasteiger charge is 2.36. The van der Waals surface area contributed by atoms with Crippen LogP contribution in [0.2, 0.25) is 0 Å². The van der Waals surface area contributed by atoms with Gasteiger partial charge < -0.3 is 4.74 Å². The molecule has 2 fully saturated rings. The Labute approximate surface area is 144 Å². The van der Waals surface area contributed by atoms with Crippen molar-refractivity contribution in [3.05, 3.63) is 0 Å². The highest BCUT2D eigenvalue weighted by atomic mass is 16.5. The molecule has 0 aliphatic heterocycles. The van der Waals surface area contributed by atoms with E-state index < -0.39 is 0 Å². The highest BCUT2D eigenvalue weighted by Crippen LogP contribution is 2.41. The monoisotopic (exact) mass is 319 g/mol. The number of ether oxygens (including phenoxy) is 1. The summed E-state index contributed by atoms with van der Waals surface area (Å²) in [5.74, 6) is 1.79. The van der Waals surface area contributed by atoms with Crippen molar-refractivity contribution in [1.29, 1.82) is 5.26 Å². The third-order valence-corrected chi connectivity index (χ3v) is 6.35. The minimum Gasteiger partial charge on any atom is -0.377 e. The van der Waals surface area contributed by atoms with E-state index in [4.69, 9.17) is 4.74 Å². The van der Waals surface area contributed by atoms with E-state index in [1.165, 1.54) is 70.6 Å². The molecular weight excluding hydrogens is 282 g/mol. The molecule has 132 valence electrons. The smallest absolute Gasteiger partial charge is 0.0807 e. The first-order valence-corrected chi connectivity index (χ1v) is 10.2. The predicted octanol–water partition coefficient (Wildman–Crippen LogP) is 6.25. The maximum atomic E-state index is 9.72. The molecule has 2 aliphatic rings. The van der Waals surface area contributed by atoms with Crippen LogP contribution in [0.1, 0.15) is 97.3 Å². The molecule has 0 aromatic carbocycles. The van der Waals surface area contributed by atoms with Crippen LogP contribution in [0, 0.1) is 28.6 Å². The van der Waals surface area contributed by atoms with Gasteiger partial charge in [0, 0.05) is 0 Å². The lowest BCUT2D eigenvalue weighted by Gasteiger charge is -2.37. The average Bonchev–Trinajstić information content (AvgIpc) is 2.61. The first-order valence-electron chi connectivity index (χ1n) is 10.2. The second kappa shape index (κ2) is 9.67. The fraction of sp³-hybridized carbons (Fsp3) is 0.952. The number of nitriles is 1. The van der Waals surface area contributed by atoms with Crippen molar-refractivity contribution in [3.8, 4) is 6.07 Å². The van der Waals surface area contributed by atoms with Crippen LogP contribution >= 0.6 is 0 Å². The van der Waals surface area contributed by atoms with E-state index in [-0.39, 0.29) is 5.41 Å². The minimum absolute atomic E-state index is 0.178. The number of nitrogens with zero attached hydrogens (tertiary/aromatic N) is 1. The van der Waals surface area contributed by atoms with Gasteiger partial charge in [0.15, 0.2) is 0 Å². The molecule has 0 aromatic rings. The molecule has 0 radical (unpaired) electrons. The molecule has 0 spiro atoms. The molecule has 0 N–H and O–H groups in total. The van der Waals surface area contributed by atoms with Gasteiger partial charge >= 0.3 is 0 Å². The van der Waals surface area contributed by atoms with Crippen LogP contribution in [0.15, 0.2) is 0 Å². The number of rotatable bonds is 8. The van der Waals surface area contributed by atoms with Gasteiger partial charge in [-0.3, -0.25) is 0 Å². The minimum atomic E-state index is -0.178. The van der Waals surface area contributed by atoms with E-state index in [9.17, 15) is 5.26 Å². The first-order chi connectivity index (χ1) is 11.2. The Bertz CT molecular complexity index is 357. The molecule has 0 bridgehead atoms. The van der Waals surface area contributed by atoms with Gasteiger partial charge in [0.05, 0.1) is 24.2 Å². The van der Waals surface area contributed by atoms with Crippen LogP contribution < -0.4 is 0 Å². The van der Waals surface area contributed by atoms with Gasteiger partial charge in [0.25, 0.3) is 0 Å². The molecule has 0 unspecified atom stereocenters. The van der Waals surface area contributed by atoms with Crippen molar-refractivity contribution in [2.75, 3.05) is 6.61 Å². The van der Waals surface area contributed by atoms with Gasteiger partial charge in [0.2, 0.25) is 0 Å². The van der Waals surface area contributed by atoms with E-state index in [1.54, 1.807) is 0 Å². The average molecular weight is 320 g/mol. The van der Waals surface area contributed by atoms with Crippen LogP contribution in [0.4, 0.5) is 0 Å². The van der Waals surface area contributed by atoms with Crippen molar-refractivity contribution >= 4 is 0 Å². The second-order valence-corrected chi connectivity index (χ2v) is 8.22. The molecule has 2 saturated carbocycles. The third kappa shape index (κ3) is 5.79. The van der Waals surface area contributed by atoms with Crippen molar-refractivity contribution in [3.63, 3.8) is 0 Å². The van der Waals surface area contributed by atoms with E-state index in [0.717, 1.165) is 24.7 Å². The van der Waals surface area contributed by atoms with Gasteiger partial charge in [-0.2, -0.15) is 5.26 Å².